The highest BCUT2D eigenvalue weighted by Gasteiger charge is 2.29. The first kappa shape index (κ1) is 13.9. The summed E-state index contributed by atoms with van der Waals surface area (Å²) in [4.78, 5) is 2.47. The van der Waals surface area contributed by atoms with Crippen molar-refractivity contribution in [1.82, 2.24) is 10.2 Å². The molecule has 0 radical (unpaired) electrons. The second-order valence-electron chi connectivity index (χ2n) is 5.26. The van der Waals surface area contributed by atoms with Gasteiger partial charge < -0.3 is 5.32 Å². The van der Waals surface area contributed by atoms with Gasteiger partial charge in [0.05, 0.1) is 0 Å². The minimum atomic E-state index is 0.439. The zero-order chi connectivity index (χ0) is 13.0. The molecule has 2 nitrogen and oxygen atoms in total. The topological polar surface area (TPSA) is 15.3 Å². The van der Waals surface area contributed by atoms with Crippen LogP contribution in [0, 0.1) is 5.92 Å². The zero-order valence-electron chi connectivity index (χ0n) is 11.3. The number of hydrogen-bond donors (Lipinski definition) is 1. The molecular weight excluding hydrogens is 244 g/mol. The molecule has 100 valence electrons. The summed E-state index contributed by atoms with van der Waals surface area (Å²) in [5, 5.41) is 4.24. The van der Waals surface area contributed by atoms with E-state index in [1.807, 2.05) is 19.2 Å². The molecule has 1 aromatic carbocycles. The zero-order valence-corrected chi connectivity index (χ0v) is 12.1. The average molecular weight is 267 g/mol. The van der Waals surface area contributed by atoms with E-state index in [-0.39, 0.29) is 0 Å². The second-order valence-corrected chi connectivity index (χ2v) is 5.67. The molecule has 0 bridgehead atoms. The minimum absolute atomic E-state index is 0.439. The van der Waals surface area contributed by atoms with Gasteiger partial charge in [-0.2, -0.15) is 0 Å². The van der Waals surface area contributed by atoms with E-state index in [0.717, 1.165) is 18.1 Å². The summed E-state index contributed by atoms with van der Waals surface area (Å²) < 4.78 is 0. The van der Waals surface area contributed by atoms with Gasteiger partial charge in [0.2, 0.25) is 0 Å². The molecule has 2 unspecified atom stereocenters. The van der Waals surface area contributed by atoms with Gasteiger partial charge in [-0.3, -0.25) is 4.90 Å². The quantitative estimate of drug-likeness (QED) is 0.903. The third-order valence-electron chi connectivity index (χ3n) is 3.95. The van der Waals surface area contributed by atoms with Crippen LogP contribution in [-0.4, -0.2) is 32.1 Å². The summed E-state index contributed by atoms with van der Waals surface area (Å²) in [5.41, 5.74) is 1.28. The van der Waals surface area contributed by atoms with E-state index in [1.54, 1.807) is 0 Å². The first-order valence-electron chi connectivity index (χ1n) is 6.83. The smallest absolute Gasteiger partial charge is 0.0453 e. The largest absolute Gasteiger partial charge is 0.319 e. The van der Waals surface area contributed by atoms with Gasteiger partial charge in [-0.25, -0.2) is 0 Å². The fourth-order valence-corrected chi connectivity index (χ4v) is 3.35. The van der Waals surface area contributed by atoms with Crippen molar-refractivity contribution in [2.45, 2.75) is 25.3 Å². The summed E-state index contributed by atoms with van der Waals surface area (Å²) in [6.45, 7) is 2.22. The Bertz CT molecular complexity index is 381. The molecule has 2 rings (SSSR count). The monoisotopic (exact) mass is 266 g/mol. The maximum atomic E-state index is 6.39. The third-order valence-corrected chi connectivity index (χ3v) is 4.29. The molecule has 3 heteroatoms. The van der Waals surface area contributed by atoms with Gasteiger partial charge in [0, 0.05) is 11.1 Å². The molecule has 0 aromatic heterocycles. The van der Waals surface area contributed by atoms with Gasteiger partial charge in [0.1, 0.15) is 0 Å². The molecule has 1 aliphatic rings. The molecule has 1 saturated heterocycles. The molecule has 0 spiro atoms. The Morgan fingerprint density at radius 1 is 1.33 bits per heavy atom. The molecular formula is C15H23ClN2. The van der Waals surface area contributed by atoms with Crippen molar-refractivity contribution in [2.75, 3.05) is 27.2 Å². The van der Waals surface area contributed by atoms with Crippen LogP contribution in [0.3, 0.4) is 0 Å². The van der Waals surface area contributed by atoms with E-state index in [0.29, 0.717) is 12.0 Å². The first-order valence-corrected chi connectivity index (χ1v) is 7.21. The second kappa shape index (κ2) is 6.55. The van der Waals surface area contributed by atoms with Gasteiger partial charge >= 0.3 is 0 Å². The lowest BCUT2D eigenvalue weighted by atomic mass is 9.89. The molecule has 1 fully saturated rings. The van der Waals surface area contributed by atoms with Crippen LogP contribution < -0.4 is 5.32 Å². The number of nitrogens with zero attached hydrogens (tertiary/aromatic N) is 1. The summed E-state index contributed by atoms with van der Waals surface area (Å²) in [6.07, 6.45) is 3.89. The van der Waals surface area contributed by atoms with Crippen LogP contribution in [0.5, 0.6) is 0 Å². The molecule has 1 aliphatic heterocycles. The lowest BCUT2D eigenvalue weighted by molar-refractivity contribution is 0.191. The maximum absolute atomic E-state index is 6.39. The Morgan fingerprint density at radius 2 is 2.11 bits per heavy atom. The number of rotatable bonds is 3. The maximum Gasteiger partial charge on any atom is 0.0453 e. The third kappa shape index (κ3) is 3.05. The minimum Gasteiger partial charge on any atom is -0.319 e. The molecule has 1 N–H and O–H groups in total. The van der Waals surface area contributed by atoms with E-state index in [4.69, 9.17) is 11.6 Å². The van der Waals surface area contributed by atoms with Gasteiger partial charge in [-0.15, -0.1) is 0 Å². The van der Waals surface area contributed by atoms with Crippen molar-refractivity contribution in [3.8, 4) is 0 Å². The number of hydrogen-bond acceptors (Lipinski definition) is 2. The van der Waals surface area contributed by atoms with Gasteiger partial charge in [-0.1, -0.05) is 36.2 Å². The number of halogens is 1. The number of likely N-dealkylation sites (tertiary alicyclic amines) is 1. The highest BCUT2D eigenvalue weighted by atomic mass is 35.5. The molecule has 0 aliphatic carbocycles. The van der Waals surface area contributed by atoms with Crippen LogP contribution in [0.4, 0.5) is 0 Å². The molecule has 0 saturated carbocycles. The van der Waals surface area contributed by atoms with Crippen molar-refractivity contribution >= 4 is 11.6 Å². The fourth-order valence-electron chi connectivity index (χ4n) is 3.11. The number of benzene rings is 1. The first-order chi connectivity index (χ1) is 8.74. The Labute approximate surface area is 115 Å². The van der Waals surface area contributed by atoms with Crippen molar-refractivity contribution in [1.29, 1.82) is 0 Å². The Balaban J connectivity index is 2.31. The normalized spacial score (nSPS) is 25.9. The highest BCUT2D eigenvalue weighted by molar-refractivity contribution is 6.31. The van der Waals surface area contributed by atoms with Crippen LogP contribution in [-0.2, 0) is 0 Å². The Hall–Kier alpha value is -0.570. The van der Waals surface area contributed by atoms with Gasteiger partial charge in [-0.05, 0) is 57.6 Å². The van der Waals surface area contributed by atoms with E-state index in [9.17, 15) is 0 Å². The van der Waals surface area contributed by atoms with Crippen molar-refractivity contribution in [3.63, 3.8) is 0 Å². The van der Waals surface area contributed by atoms with Gasteiger partial charge in [0.25, 0.3) is 0 Å². The molecule has 1 aromatic rings. The standard InChI is InChI=1S/C15H23ClN2/c1-17-11-12-7-5-6-10-18(2)15(12)13-8-3-4-9-14(13)16/h3-4,8-9,12,15,17H,5-7,10-11H2,1-2H3. The highest BCUT2D eigenvalue weighted by Crippen LogP contribution is 2.36. The van der Waals surface area contributed by atoms with Crippen molar-refractivity contribution < 1.29 is 0 Å². The predicted octanol–water partition coefficient (Wildman–Crippen LogP) is 3.33. The van der Waals surface area contributed by atoms with E-state index in [2.05, 4.69) is 29.4 Å². The predicted molar refractivity (Wildman–Crippen MR) is 78.1 cm³/mol. The van der Waals surface area contributed by atoms with E-state index < -0.39 is 0 Å². The Kier molecular flexibility index (Phi) is 5.04. The SMILES string of the molecule is CNCC1CCCCN(C)C1c1ccccc1Cl. The average Bonchev–Trinajstić information content (AvgIpc) is 2.53. The molecule has 1 heterocycles. The lowest BCUT2D eigenvalue weighted by Gasteiger charge is -2.33. The van der Waals surface area contributed by atoms with Crippen LogP contribution in [0.25, 0.3) is 0 Å². The van der Waals surface area contributed by atoms with Crippen molar-refractivity contribution in [2.24, 2.45) is 5.92 Å². The molecule has 18 heavy (non-hydrogen) atoms. The fraction of sp³-hybridized carbons (Fsp3) is 0.600. The van der Waals surface area contributed by atoms with E-state index in [1.165, 1.54) is 24.8 Å². The number of nitrogens with one attached hydrogen (secondary N) is 1. The lowest BCUT2D eigenvalue weighted by Crippen LogP contribution is -2.34. The summed E-state index contributed by atoms with van der Waals surface area (Å²) in [5.74, 6) is 0.641. The summed E-state index contributed by atoms with van der Waals surface area (Å²) >= 11 is 6.39. The van der Waals surface area contributed by atoms with Gasteiger partial charge in [0.15, 0.2) is 0 Å². The molecule has 0 amide bonds. The summed E-state index contributed by atoms with van der Waals surface area (Å²) in [6, 6.07) is 8.73. The van der Waals surface area contributed by atoms with Crippen molar-refractivity contribution in [3.05, 3.63) is 34.9 Å². The summed E-state index contributed by atoms with van der Waals surface area (Å²) in [7, 11) is 4.26. The van der Waals surface area contributed by atoms with Crippen LogP contribution in [0.15, 0.2) is 24.3 Å². The van der Waals surface area contributed by atoms with E-state index >= 15 is 0 Å². The van der Waals surface area contributed by atoms with Crippen LogP contribution in [0.2, 0.25) is 5.02 Å². The van der Waals surface area contributed by atoms with Crippen LogP contribution in [0.1, 0.15) is 30.9 Å². The molecule has 2 atom stereocenters. The Morgan fingerprint density at radius 3 is 2.83 bits per heavy atom. The van der Waals surface area contributed by atoms with Crippen LogP contribution >= 0.6 is 11.6 Å².